The van der Waals surface area contributed by atoms with Crippen molar-refractivity contribution in [3.8, 4) is 5.13 Å². The van der Waals surface area contributed by atoms with Gasteiger partial charge in [0.25, 0.3) is 5.91 Å². The van der Waals surface area contributed by atoms with Gasteiger partial charge >= 0.3 is 6.18 Å². The summed E-state index contributed by atoms with van der Waals surface area (Å²) in [6, 6.07) is 0.380. The number of aromatic nitrogens is 3. The van der Waals surface area contributed by atoms with E-state index in [-0.39, 0.29) is 28.0 Å². The predicted molar refractivity (Wildman–Crippen MR) is 83.5 cm³/mol. The minimum absolute atomic E-state index is 0.00175. The summed E-state index contributed by atoms with van der Waals surface area (Å²) in [5, 5.41) is 7.53. The molecular weight excluding hydrogens is 381 g/mol. The summed E-state index contributed by atoms with van der Waals surface area (Å²) in [6.07, 6.45) is -4.30. The lowest BCUT2D eigenvalue weighted by Gasteiger charge is -2.09. The highest BCUT2D eigenvalue weighted by Gasteiger charge is 2.37. The van der Waals surface area contributed by atoms with Crippen molar-refractivity contribution in [3.63, 3.8) is 0 Å². The summed E-state index contributed by atoms with van der Waals surface area (Å²) >= 11 is 0.843. The summed E-state index contributed by atoms with van der Waals surface area (Å²) in [5.41, 5.74) is -0.886. The fraction of sp³-hybridized carbons (Fsp3) is 0.462. The molecule has 1 N–H and O–H groups in total. The number of sulfone groups is 1. The van der Waals surface area contributed by atoms with Gasteiger partial charge in [-0.2, -0.15) is 18.3 Å². The van der Waals surface area contributed by atoms with Crippen LogP contribution in [0.5, 0.6) is 0 Å². The molecule has 0 unspecified atom stereocenters. The maximum atomic E-state index is 13.0. The van der Waals surface area contributed by atoms with Crippen LogP contribution in [0.25, 0.3) is 5.13 Å². The molecule has 0 saturated carbocycles. The summed E-state index contributed by atoms with van der Waals surface area (Å²) < 4.78 is 62.6. The predicted octanol–water partition coefficient (Wildman–Crippen LogP) is 1.57. The monoisotopic (exact) mass is 394 g/mol. The Morgan fingerprint density at radius 1 is 1.44 bits per heavy atom. The average Bonchev–Trinajstić information content (AvgIpc) is 3.16. The fourth-order valence-electron chi connectivity index (χ4n) is 2.48. The van der Waals surface area contributed by atoms with Crippen LogP contribution in [0.2, 0.25) is 0 Å². The zero-order valence-corrected chi connectivity index (χ0v) is 14.5. The first-order valence-corrected chi connectivity index (χ1v) is 9.86. The van der Waals surface area contributed by atoms with Crippen molar-refractivity contribution in [3.05, 3.63) is 28.5 Å². The topological polar surface area (TPSA) is 94.0 Å². The SMILES string of the molecule is Cc1cc(C(F)(F)F)n(-c2nc(C(=O)N[C@H]3CCS(=O)(=O)C3)cs2)n1. The lowest BCUT2D eigenvalue weighted by molar-refractivity contribution is -0.142. The van der Waals surface area contributed by atoms with E-state index in [1.54, 1.807) is 0 Å². The quantitative estimate of drug-likeness (QED) is 0.853. The van der Waals surface area contributed by atoms with Gasteiger partial charge in [0.2, 0.25) is 5.13 Å². The molecular formula is C13H13F3N4O3S2. The van der Waals surface area contributed by atoms with E-state index in [9.17, 15) is 26.4 Å². The highest BCUT2D eigenvalue weighted by atomic mass is 32.2. The Bertz CT molecular complexity index is 917. The average molecular weight is 394 g/mol. The summed E-state index contributed by atoms with van der Waals surface area (Å²) in [6.45, 7) is 1.42. The number of halogens is 3. The highest BCUT2D eigenvalue weighted by Crippen LogP contribution is 2.32. The second-order valence-electron chi connectivity index (χ2n) is 5.67. The van der Waals surface area contributed by atoms with E-state index >= 15 is 0 Å². The lowest BCUT2D eigenvalue weighted by atomic mass is 10.2. The van der Waals surface area contributed by atoms with Gasteiger partial charge in [-0.15, -0.1) is 11.3 Å². The second kappa shape index (κ2) is 6.09. The van der Waals surface area contributed by atoms with Crippen LogP contribution in [0.4, 0.5) is 13.2 Å². The molecule has 0 aromatic carbocycles. The van der Waals surface area contributed by atoms with Gasteiger partial charge < -0.3 is 5.32 Å². The van der Waals surface area contributed by atoms with Gasteiger partial charge in [-0.05, 0) is 19.4 Å². The maximum absolute atomic E-state index is 13.0. The van der Waals surface area contributed by atoms with Crippen molar-refractivity contribution in [2.45, 2.75) is 25.6 Å². The Kier molecular flexibility index (Phi) is 4.35. The number of alkyl halides is 3. The number of hydrogen-bond donors (Lipinski definition) is 1. The van der Waals surface area contributed by atoms with Crippen molar-refractivity contribution in [2.75, 3.05) is 11.5 Å². The summed E-state index contributed by atoms with van der Waals surface area (Å²) in [5.74, 6) is -0.768. The Balaban J connectivity index is 1.80. The molecule has 12 heteroatoms. The normalized spacial score (nSPS) is 19.9. The summed E-state index contributed by atoms with van der Waals surface area (Å²) in [4.78, 5) is 16.0. The van der Waals surface area contributed by atoms with Crippen LogP contribution in [-0.4, -0.2) is 46.6 Å². The van der Waals surface area contributed by atoms with E-state index in [0.29, 0.717) is 11.1 Å². The molecule has 1 saturated heterocycles. The molecule has 0 aliphatic carbocycles. The maximum Gasteiger partial charge on any atom is 0.433 e. The number of rotatable bonds is 3. The molecule has 1 amide bonds. The van der Waals surface area contributed by atoms with E-state index in [4.69, 9.17) is 0 Å². The molecule has 0 bridgehead atoms. The van der Waals surface area contributed by atoms with E-state index < -0.39 is 33.7 Å². The van der Waals surface area contributed by atoms with Gasteiger partial charge in [-0.25, -0.2) is 18.1 Å². The number of amides is 1. The van der Waals surface area contributed by atoms with E-state index in [0.717, 1.165) is 17.4 Å². The van der Waals surface area contributed by atoms with E-state index in [2.05, 4.69) is 15.4 Å². The van der Waals surface area contributed by atoms with Crippen LogP contribution in [-0.2, 0) is 16.0 Å². The first-order chi connectivity index (χ1) is 11.5. The number of nitrogens with zero attached hydrogens (tertiary/aromatic N) is 3. The highest BCUT2D eigenvalue weighted by molar-refractivity contribution is 7.91. The minimum atomic E-state index is -4.60. The van der Waals surface area contributed by atoms with Crippen molar-refractivity contribution in [2.24, 2.45) is 0 Å². The van der Waals surface area contributed by atoms with Crippen molar-refractivity contribution >= 4 is 27.1 Å². The van der Waals surface area contributed by atoms with Crippen LogP contribution < -0.4 is 5.32 Å². The smallest absolute Gasteiger partial charge is 0.347 e. The van der Waals surface area contributed by atoms with Crippen molar-refractivity contribution in [1.82, 2.24) is 20.1 Å². The van der Waals surface area contributed by atoms with Gasteiger partial charge in [0.1, 0.15) is 5.69 Å². The fourth-order valence-corrected chi connectivity index (χ4v) is 4.92. The number of nitrogens with one attached hydrogen (secondary N) is 1. The number of carbonyl (C=O) groups is 1. The van der Waals surface area contributed by atoms with Crippen molar-refractivity contribution in [1.29, 1.82) is 0 Å². The molecule has 2 aromatic rings. The van der Waals surface area contributed by atoms with Crippen LogP contribution in [0.15, 0.2) is 11.4 Å². The van der Waals surface area contributed by atoms with Gasteiger partial charge in [-0.1, -0.05) is 0 Å². The Morgan fingerprint density at radius 2 is 2.16 bits per heavy atom. The molecule has 1 aliphatic rings. The Labute approximate surface area is 144 Å². The number of aryl methyl sites for hydroxylation is 1. The third kappa shape index (κ3) is 3.84. The molecule has 25 heavy (non-hydrogen) atoms. The van der Waals surface area contributed by atoms with Crippen LogP contribution >= 0.6 is 11.3 Å². The minimum Gasteiger partial charge on any atom is -0.347 e. The Morgan fingerprint density at radius 3 is 2.76 bits per heavy atom. The number of carbonyl (C=O) groups excluding carboxylic acids is 1. The van der Waals surface area contributed by atoms with Crippen molar-refractivity contribution < 1.29 is 26.4 Å². The first kappa shape index (κ1) is 17.9. The van der Waals surface area contributed by atoms with Gasteiger partial charge in [0, 0.05) is 11.4 Å². The number of hydrogen-bond acceptors (Lipinski definition) is 6. The third-order valence-electron chi connectivity index (χ3n) is 3.60. The summed E-state index contributed by atoms with van der Waals surface area (Å²) in [7, 11) is -3.15. The molecule has 0 spiro atoms. The van der Waals surface area contributed by atoms with Gasteiger partial charge in [0.05, 0.1) is 17.2 Å². The number of thiazole rings is 1. The van der Waals surface area contributed by atoms with E-state index in [1.807, 2.05) is 0 Å². The zero-order chi connectivity index (χ0) is 18.4. The lowest BCUT2D eigenvalue weighted by Crippen LogP contribution is -2.35. The molecule has 136 valence electrons. The van der Waals surface area contributed by atoms with E-state index in [1.165, 1.54) is 12.3 Å². The standard InChI is InChI=1S/C13H13F3N4O3S2/c1-7-4-10(13(14,15)16)20(19-7)12-18-9(5-24-12)11(21)17-8-2-3-25(22,23)6-8/h4-5,8H,2-3,6H2,1H3,(H,17,21)/t8-/m0/s1. The molecule has 7 nitrogen and oxygen atoms in total. The van der Waals surface area contributed by atoms with Crippen LogP contribution in [0, 0.1) is 6.92 Å². The molecule has 1 fully saturated rings. The largest absolute Gasteiger partial charge is 0.433 e. The van der Waals surface area contributed by atoms with Crippen LogP contribution in [0.1, 0.15) is 28.3 Å². The molecule has 3 rings (SSSR count). The second-order valence-corrected chi connectivity index (χ2v) is 8.73. The molecule has 3 heterocycles. The zero-order valence-electron chi connectivity index (χ0n) is 12.9. The first-order valence-electron chi connectivity index (χ1n) is 7.16. The Hall–Kier alpha value is -1.95. The molecule has 1 aliphatic heterocycles. The molecule has 0 radical (unpaired) electrons. The van der Waals surface area contributed by atoms with Crippen LogP contribution in [0.3, 0.4) is 0 Å². The van der Waals surface area contributed by atoms with Gasteiger partial charge in [0.15, 0.2) is 15.5 Å². The molecule has 1 atom stereocenters. The molecule has 2 aromatic heterocycles. The van der Waals surface area contributed by atoms with Gasteiger partial charge in [-0.3, -0.25) is 4.79 Å². The third-order valence-corrected chi connectivity index (χ3v) is 6.18.